The molecule has 3 heterocycles. The Labute approximate surface area is 91.5 Å². The summed E-state index contributed by atoms with van der Waals surface area (Å²) in [4.78, 5) is 25.0. The second kappa shape index (κ2) is 3.71. The van der Waals surface area contributed by atoms with Gasteiger partial charge in [0.15, 0.2) is 5.65 Å². The number of aromatic amines is 2. The molecule has 0 bridgehead atoms. The summed E-state index contributed by atoms with van der Waals surface area (Å²) < 4.78 is 0. The molecule has 0 radical (unpaired) electrons. The van der Waals surface area contributed by atoms with E-state index in [1.165, 1.54) is 6.33 Å². The van der Waals surface area contributed by atoms with Gasteiger partial charge < -0.3 is 10.3 Å². The number of hydrogen-bond acceptors (Lipinski definition) is 4. The highest BCUT2D eigenvalue weighted by Gasteiger charge is 2.20. The lowest BCUT2D eigenvalue weighted by Gasteiger charge is -2.22. The van der Waals surface area contributed by atoms with Gasteiger partial charge in [0.2, 0.25) is 0 Å². The molecule has 16 heavy (non-hydrogen) atoms. The van der Waals surface area contributed by atoms with Crippen LogP contribution in [-0.2, 0) is 0 Å². The first-order valence-corrected chi connectivity index (χ1v) is 5.48. The van der Waals surface area contributed by atoms with Crippen LogP contribution in [0.4, 0.5) is 0 Å². The number of piperidine rings is 1. The fourth-order valence-electron chi connectivity index (χ4n) is 2.26. The fraction of sp³-hybridized carbons (Fsp3) is 0.500. The van der Waals surface area contributed by atoms with E-state index in [1.54, 1.807) is 0 Å². The maximum atomic E-state index is 11.2. The second-order valence-corrected chi connectivity index (χ2v) is 4.10. The summed E-state index contributed by atoms with van der Waals surface area (Å²) >= 11 is 0. The Morgan fingerprint density at radius 2 is 2.25 bits per heavy atom. The van der Waals surface area contributed by atoms with E-state index in [0.717, 1.165) is 37.1 Å². The molecule has 1 fully saturated rings. The first-order chi connectivity index (χ1) is 7.84. The summed E-state index contributed by atoms with van der Waals surface area (Å²) in [6.07, 6.45) is 3.76. The third-order valence-corrected chi connectivity index (χ3v) is 3.03. The highest BCUT2D eigenvalue weighted by atomic mass is 16.1. The van der Waals surface area contributed by atoms with E-state index < -0.39 is 0 Å². The molecule has 3 N–H and O–H groups in total. The van der Waals surface area contributed by atoms with E-state index in [4.69, 9.17) is 0 Å². The topological polar surface area (TPSA) is 86.5 Å². The number of aromatic nitrogens is 4. The molecule has 2 aromatic rings. The number of nitrogens with one attached hydrogen (secondary N) is 3. The van der Waals surface area contributed by atoms with Gasteiger partial charge in [-0.15, -0.1) is 0 Å². The van der Waals surface area contributed by atoms with Crippen LogP contribution in [0.15, 0.2) is 11.1 Å². The molecular weight excluding hydrogens is 206 g/mol. The Morgan fingerprint density at radius 1 is 1.31 bits per heavy atom. The summed E-state index contributed by atoms with van der Waals surface area (Å²) in [5.74, 6) is 0.366. The summed E-state index contributed by atoms with van der Waals surface area (Å²) in [6, 6.07) is 0. The fourth-order valence-corrected chi connectivity index (χ4v) is 2.26. The van der Waals surface area contributed by atoms with E-state index in [-0.39, 0.29) is 5.69 Å². The molecule has 3 rings (SSSR count). The van der Waals surface area contributed by atoms with Crippen molar-refractivity contribution in [2.45, 2.75) is 18.8 Å². The number of hydrogen-bond donors (Lipinski definition) is 3. The van der Waals surface area contributed by atoms with Crippen LogP contribution in [0.25, 0.3) is 11.2 Å². The minimum atomic E-state index is -0.222. The Kier molecular flexibility index (Phi) is 2.21. The zero-order valence-corrected chi connectivity index (χ0v) is 8.79. The minimum Gasteiger partial charge on any atom is -0.316 e. The van der Waals surface area contributed by atoms with E-state index in [1.807, 2.05) is 0 Å². The van der Waals surface area contributed by atoms with Crippen LogP contribution in [-0.4, -0.2) is 33.0 Å². The van der Waals surface area contributed by atoms with Crippen molar-refractivity contribution in [1.82, 2.24) is 25.3 Å². The molecule has 0 amide bonds. The quantitative estimate of drug-likeness (QED) is 0.635. The highest BCUT2D eigenvalue weighted by molar-refractivity contribution is 5.72. The van der Waals surface area contributed by atoms with Gasteiger partial charge in [-0.25, -0.2) is 14.8 Å². The van der Waals surface area contributed by atoms with Crippen LogP contribution in [0, 0.1) is 0 Å². The van der Waals surface area contributed by atoms with Gasteiger partial charge in [0.05, 0.1) is 5.69 Å². The lowest BCUT2D eigenvalue weighted by molar-refractivity contribution is 0.456. The van der Waals surface area contributed by atoms with Crippen LogP contribution >= 0.6 is 0 Å². The lowest BCUT2D eigenvalue weighted by Crippen LogP contribution is -2.29. The summed E-state index contributed by atoms with van der Waals surface area (Å²) in [7, 11) is 0. The summed E-state index contributed by atoms with van der Waals surface area (Å²) in [5, 5.41) is 3.34. The molecule has 1 unspecified atom stereocenters. The maximum absolute atomic E-state index is 11.2. The van der Waals surface area contributed by atoms with Gasteiger partial charge >= 0.3 is 5.69 Å². The molecule has 84 valence electrons. The van der Waals surface area contributed by atoms with E-state index >= 15 is 0 Å². The molecule has 1 aliphatic heterocycles. The molecule has 1 saturated heterocycles. The normalized spacial score (nSPS) is 21.4. The van der Waals surface area contributed by atoms with Crippen LogP contribution < -0.4 is 11.0 Å². The van der Waals surface area contributed by atoms with Gasteiger partial charge in [-0.2, -0.15) is 0 Å². The molecule has 1 aliphatic rings. The van der Waals surface area contributed by atoms with Crippen molar-refractivity contribution < 1.29 is 0 Å². The summed E-state index contributed by atoms with van der Waals surface area (Å²) in [6.45, 7) is 1.98. The first-order valence-electron chi connectivity index (χ1n) is 5.48. The Bertz CT molecular complexity index is 552. The van der Waals surface area contributed by atoms with Crippen molar-refractivity contribution in [3.63, 3.8) is 0 Å². The standard InChI is InChI=1S/C10H13N5O/c16-10-14-8-7(6-2-1-3-11-4-6)12-5-13-9(8)15-10/h5-6,11H,1-4H2,(H2,12,13,14,15,16). The second-order valence-electron chi connectivity index (χ2n) is 4.10. The molecule has 2 aromatic heterocycles. The average molecular weight is 219 g/mol. The van der Waals surface area contributed by atoms with Crippen molar-refractivity contribution in [2.24, 2.45) is 0 Å². The third-order valence-electron chi connectivity index (χ3n) is 3.03. The molecule has 0 aliphatic carbocycles. The van der Waals surface area contributed by atoms with Gasteiger partial charge in [0, 0.05) is 12.5 Å². The molecule has 6 heteroatoms. The Morgan fingerprint density at radius 3 is 3.06 bits per heavy atom. The van der Waals surface area contributed by atoms with Gasteiger partial charge in [-0.3, -0.25) is 4.98 Å². The van der Waals surface area contributed by atoms with Gasteiger partial charge in [-0.1, -0.05) is 0 Å². The van der Waals surface area contributed by atoms with E-state index in [2.05, 4.69) is 25.3 Å². The zero-order valence-electron chi connectivity index (χ0n) is 8.79. The number of nitrogens with zero attached hydrogens (tertiary/aromatic N) is 2. The zero-order chi connectivity index (χ0) is 11.0. The van der Waals surface area contributed by atoms with Crippen molar-refractivity contribution in [1.29, 1.82) is 0 Å². The predicted octanol–water partition coefficient (Wildman–Crippen LogP) is 0.113. The first kappa shape index (κ1) is 9.53. The summed E-state index contributed by atoms with van der Waals surface area (Å²) in [5.41, 5.74) is 2.07. The van der Waals surface area contributed by atoms with Crippen molar-refractivity contribution in [3.8, 4) is 0 Å². The highest BCUT2D eigenvalue weighted by Crippen LogP contribution is 2.24. The molecule has 0 spiro atoms. The largest absolute Gasteiger partial charge is 0.325 e. The molecule has 0 aromatic carbocycles. The van der Waals surface area contributed by atoms with E-state index in [9.17, 15) is 4.79 Å². The van der Waals surface area contributed by atoms with Crippen molar-refractivity contribution in [2.75, 3.05) is 13.1 Å². The number of H-pyrrole nitrogens is 2. The van der Waals surface area contributed by atoms with Gasteiger partial charge in [0.25, 0.3) is 0 Å². The SMILES string of the molecule is O=c1[nH]c2ncnc(C3CCCNC3)c2[nH]1. The number of imidazole rings is 1. The van der Waals surface area contributed by atoms with Gasteiger partial charge in [0.1, 0.15) is 11.8 Å². The van der Waals surface area contributed by atoms with Crippen LogP contribution in [0.2, 0.25) is 0 Å². The van der Waals surface area contributed by atoms with E-state index in [0.29, 0.717) is 11.6 Å². The Hall–Kier alpha value is -1.69. The van der Waals surface area contributed by atoms with Gasteiger partial charge in [-0.05, 0) is 19.4 Å². The van der Waals surface area contributed by atoms with Crippen LogP contribution in [0.1, 0.15) is 24.5 Å². The Balaban J connectivity index is 2.11. The molecule has 1 atom stereocenters. The molecular formula is C10H13N5O. The lowest BCUT2D eigenvalue weighted by atomic mass is 9.95. The smallest absolute Gasteiger partial charge is 0.316 e. The number of fused-ring (bicyclic) bond motifs is 1. The predicted molar refractivity (Wildman–Crippen MR) is 59.4 cm³/mol. The van der Waals surface area contributed by atoms with Crippen LogP contribution in [0.5, 0.6) is 0 Å². The average Bonchev–Trinajstić information content (AvgIpc) is 2.70. The van der Waals surface area contributed by atoms with Crippen molar-refractivity contribution >= 4 is 11.2 Å². The number of rotatable bonds is 1. The molecule has 6 nitrogen and oxygen atoms in total. The van der Waals surface area contributed by atoms with Crippen LogP contribution in [0.3, 0.4) is 0 Å². The molecule has 0 saturated carbocycles. The van der Waals surface area contributed by atoms with Crippen molar-refractivity contribution in [3.05, 3.63) is 22.5 Å². The monoisotopic (exact) mass is 219 g/mol. The third kappa shape index (κ3) is 1.51. The maximum Gasteiger partial charge on any atom is 0.325 e. The minimum absolute atomic E-state index is 0.222.